The molecular weight excluding hydrogens is 292 g/mol. The van der Waals surface area contributed by atoms with Crippen molar-refractivity contribution in [1.82, 2.24) is 14.9 Å². The van der Waals surface area contributed by atoms with Gasteiger partial charge in [0.2, 0.25) is 0 Å². The molecule has 0 aliphatic rings. The molecule has 8 heteroatoms. The Morgan fingerprint density at radius 3 is 2.81 bits per heavy atom. The van der Waals surface area contributed by atoms with Crippen LogP contribution in [0.15, 0.2) is 6.20 Å². The third-order valence-electron chi connectivity index (χ3n) is 2.47. The lowest BCUT2D eigenvalue weighted by Gasteiger charge is -2.20. The fourth-order valence-electron chi connectivity index (χ4n) is 1.68. The molecule has 120 valence electrons. The highest BCUT2D eigenvalue weighted by Crippen LogP contribution is 2.13. The summed E-state index contributed by atoms with van der Waals surface area (Å²) >= 11 is 1.31. The molecule has 0 spiro atoms. The van der Waals surface area contributed by atoms with E-state index in [2.05, 4.69) is 20.2 Å². The van der Waals surface area contributed by atoms with Crippen LogP contribution >= 0.6 is 11.5 Å². The predicted molar refractivity (Wildman–Crippen MR) is 82.7 cm³/mol. The van der Waals surface area contributed by atoms with Crippen LogP contribution in [0, 0.1) is 0 Å². The standard InChI is InChI=1S/C13H24N4O3S/c1-13(2,3)20-12(18)14-7-5-6-10(9-19-4)16-11-8-15-17-21-11/h8,10,16H,5-7,9H2,1-4H3,(H,14,18). The van der Waals surface area contributed by atoms with Crippen molar-refractivity contribution in [2.45, 2.75) is 45.3 Å². The van der Waals surface area contributed by atoms with Gasteiger partial charge in [-0.25, -0.2) is 4.79 Å². The lowest BCUT2D eigenvalue weighted by molar-refractivity contribution is 0.0526. The number of anilines is 1. The number of methoxy groups -OCH3 is 1. The molecule has 1 heterocycles. The second-order valence-electron chi connectivity index (χ2n) is 5.65. The quantitative estimate of drug-likeness (QED) is 0.716. The van der Waals surface area contributed by atoms with Gasteiger partial charge in [-0.15, -0.1) is 5.10 Å². The monoisotopic (exact) mass is 316 g/mol. The molecule has 21 heavy (non-hydrogen) atoms. The van der Waals surface area contributed by atoms with Crippen LogP contribution in [0.3, 0.4) is 0 Å². The lowest BCUT2D eigenvalue weighted by atomic mass is 10.1. The number of nitrogens with one attached hydrogen (secondary N) is 2. The van der Waals surface area contributed by atoms with Gasteiger partial charge in [-0.2, -0.15) is 0 Å². The molecule has 1 aromatic heterocycles. The Hall–Kier alpha value is -1.41. The van der Waals surface area contributed by atoms with E-state index >= 15 is 0 Å². The molecule has 1 amide bonds. The first-order chi connectivity index (χ1) is 9.90. The summed E-state index contributed by atoms with van der Waals surface area (Å²) < 4.78 is 14.2. The van der Waals surface area contributed by atoms with Crippen molar-refractivity contribution in [3.05, 3.63) is 6.20 Å². The molecule has 0 saturated carbocycles. The Balaban J connectivity index is 2.23. The van der Waals surface area contributed by atoms with E-state index < -0.39 is 5.60 Å². The van der Waals surface area contributed by atoms with Crippen molar-refractivity contribution >= 4 is 22.6 Å². The van der Waals surface area contributed by atoms with E-state index in [-0.39, 0.29) is 12.1 Å². The Bertz CT molecular complexity index is 406. The number of amides is 1. The van der Waals surface area contributed by atoms with Crippen molar-refractivity contribution < 1.29 is 14.3 Å². The van der Waals surface area contributed by atoms with Crippen LogP contribution in [0.25, 0.3) is 0 Å². The van der Waals surface area contributed by atoms with Gasteiger partial charge in [-0.05, 0) is 33.6 Å². The zero-order valence-electron chi connectivity index (χ0n) is 13.0. The molecule has 0 fully saturated rings. The summed E-state index contributed by atoms with van der Waals surface area (Å²) in [5, 5.41) is 10.7. The number of hydrogen-bond acceptors (Lipinski definition) is 7. The van der Waals surface area contributed by atoms with Crippen LogP contribution < -0.4 is 10.6 Å². The summed E-state index contributed by atoms with van der Waals surface area (Å²) in [6.45, 7) is 6.68. The van der Waals surface area contributed by atoms with Gasteiger partial charge in [-0.1, -0.05) is 4.49 Å². The molecule has 7 nitrogen and oxygen atoms in total. The van der Waals surface area contributed by atoms with Gasteiger partial charge in [-0.3, -0.25) is 0 Å². The molecular formula is C13H24N4O3S. The number of aromatic nitrogens is 2. The second-order valence-corrected chi connectivity index (χ2v) is 6.43. The first-order valence-corrected chi connectivity index (χ1v) is 7.67. The minimum Gasteiger partial charge on any atom is -0.444 e. The maximum atomic E-state index is 11.5. The normalized spacial score (nSPS) is 12.8. The third kappa shape index (κ3) is 8.46. The predicted octanol–water partition coefficient (Wildman–Crippen LogP) is 2.27. The van der Waals surface area contributed by atoms with E-state index in [0.29, 0.717) is 13.2 Å². The van der Waals surface area contributed by atoms with E-state index in [4.69, 9.17) is 9.47 Å². The van der Waals surface area contributed by atoms with Gasteiger partial charge >= 0.3 is 6.09 Å². The number of ether oxygens (including phenoxy) is 2. The zero-order valence-corrected chi connectivity index (χ0v) is 13.8. The van der Waals surface area contributed by atoms with Crippen LogP contribution in [0.4, 0.5) is 9.80 Å². The van der Waals surface area contributed by atoms with E-state index in [1.165, 1.54) is 11.5 Å². The summed E-state index contributed by atoms with van der Waals surface area (Å²) in [6, 6.07) is 0.165. The Labute approximate surface area is 129 Å². The Morgan fingerprint density at radius 1 is 1.48 bits per heavy atom. The highest BCUT2D eigenvalue weighted by molar-refractivity contribution is 7.09. The maximum Gasteiger partial charge on any atom is 0.407 e. The van der Waals surface area contributed by atoms with Crippen LogP contribution in [0.5, 0.6) is 0 Å². The zero-order chi connectivity index (χ0) is 15.7. The van der Waals surface area contributed by atoms with Crippen molar-refractivity contribution in [3.8, 4) is 0 Å². The van der Waals surface area contributed by atoms with Crippen molar-refractivity contribution in [2.75, 3.05) is 25.6 Å². The average Bonchev–Trinajstić information content (AvgIpc) is 2.85. The first-order valence-electron chi connectivity index (χ1n) is 6.90. The minimum absolute atomic E-state index is 0.165. The summed E-state index contributed by atoms with van der Waals surface area (Å²) in [4.78, 5) is 11.5. The average molecular weight is 316 g/mol. The van der Waals surface area contributed by atoms with E-state index in [0.717, 1.165) is 17.8 Å². The third-order valence-corrected chi connectivity index (χ3v) is 3.07. The molecule has 0 aliphatic carbocycles. The van der Waals surface area contributed by atoms with Crippen molar-refractivity contribution in [2.24, 2.45) is 0 Å². The van der Waals surface area contributed by atoms with Crippen molar-refractivity contribution in [3.63, 3.8) is 0 Å². The topological polar surface area (TPSA) is 85.4 Å². The molecule has 1 unspecified atom stereocenters. The van der Waals surface area contributed by atoms with Gasteiger partial charge < -0.3 is 20.1 Å². The van der Waals surface area contributed by atoms with E-state index in [1.54, 1.807) is 13.3 Å². The summed E-state index contributed by atoms with van der Waals surface area (Å²) in [6.07, 6.45) is 2.99. The molecule has 0 aliphatic heterocycles. The van der Waals surface area contributed by atoms with Gasteiger partial charge in [0.1, 0.15) is 10.6 Å². The Kier molecular flexibility index (Phi) is 7.38. The number of alkyl carbamates (subject to hydrolysis) is 1. The van der Waals surface area contributed by atoms with Crippen LogP contribution in [0.1, 0.15) is 33.6 Å². The van der Waals surface area contributed by atoms with Gasteiger partial charge in [0.05, 0.1) is 18.8 Å². The fraction of sp³-hybridized carbons (Fsp3) is 0.769. The van der Waals surface area contributed by atoms with Gasteiger partial charge in [0.15, 0.2) is 0 Å². The molecule has 0 saturated heterocycles. The largest absolute Gasteiger partial charge is 0.444 e. The smallest absolute Gasteiger partial charge is 0.407 e. The van der Waals surface area contributed by atoms with Gasteiger partial charge in [0.25, 0.3) is 0 Å². The van der Waals surface area contributed by atoms with Crippen LogP contribution in [0.2, 0.25) is 0 Å². The fourth-order valence-corrected chi connectivity index (χ4v) is 2.18. The summed E-state index contributed by atoms with van der Waals surface area (Å²) in [5.74, 6) is 0. The second kappa shape index (κ2) is 8.78. The molecule has 0 bridgehead atoms. The minimum atomic E-state index is -0.469. The summed E-state index contributed by atoms with van der Waals surface area (Å²) in [5.41, 5.74) is -0.469. The molecule has 2 N–H and O–H groups in total. The summed E-state index contributed by atoms with van der Waals surface area (Å²) in [7, 11) is 1.67. The molecule has 1 atom stereocenters. The molecule has 1 aromatic rings. The molecule has 0 radical (unpaired) electrons. The number of carbonyl (C=O) groups excluding carboxylic acids is 1. The number of carbonyl (C=O) groups is 1. The Morgan fingerprint density at radius 2 is 2.24 bits per heavy atom. The first kappa shape index (κ1) is 17.6. The van der Waals surface area contributed by atoms with Gasteiger partial charge in [0, 0.05) is 25.2 Å². The lowest BCUT2D eigenvalue weighted by Crippen LogP contribution is -2.33. The highest BCUT2D eigenvalue weighted by Gasteiger charge is 2.16. The van der Waals surface area contributed by atoms with Crippen LogP contribution in [-0.4, -0.2) is 47.6 Å². The van der Waals surface area contributed by atoms with E-state index in [9.17, 15) is 4.79 Å². The SMILES string of the molecule is COCC(CCCNC(=O)OC(C)(C)C)Nc1cnns1. The van der Waals surface area contributed by atoms with E-state index in [1.807, 2.05) is 20.8 Å². The number of hydrogen-bond donors (Lipinski definition) is 2. The molecule has 1 rings (SSSR count). The maximum absolute atomic E-state index is 11.5. The number of rotatable bonds is 8. The van der Waals surface area contributed by atoms with Crippen molar-refractivity contribution in [1.29, 1.82) is 0 Å². The number of nitrogens with zero attached hydrogens (tertiary/aromatic N) is 2. The molecule has 0 aromatic carbocycles. The van der Waals surface area contributed by atoms with Crippen LogP contribution in [-0.2, 0) is 9.47 Å². The highest BCUT2D eigenvalue weighted by atomic mass is 32.1.